The van der Waals surface area contributed by atoms with Crippen molar-refractivity contribution in [1.82, 2.24) is 10.6 Å². The summed E-state index contributed by atoms with van der Waals surface area (Å²) in [7, 11) is 0. The fourth-order valence-electron chi connectivity index (χ4n) is 3.86. The second-order valence-electron chi connectivity index (χ2n) is 8.11. The Morgan fingerprint density at radius 2 is 2.03 bits per heavy atom. The standard InChI is InChI=1S/C23H27N3O6/c1-3-14(2)21(23(29)24-11-17-5-4-8-30-17)25-22(28)15-9-20(27)26(12-15)16-6-7-18-19(10-16)32-13-31-18/h4-8,10,14-15,21H,3,9,11-13H2,1-2H3,(H,24,29)(H,25,28)/t14-,15-,21-/m0/s1. The molecular weight excluding hydrogens is 414 g/mol. The van der Waals surface area contributed by atoms with Crippen LogP contribution in [0.3, 0.4) is 0 Å². The van der Waals surface area contributed by atoms with Crippen LogP contribution in [0.2, 0.25) is 0 Å². The number of nitrogens with zero attached hydrogens (tertiary/aromatic N) is 1. The molecule has 3 atom stereocenters. The molecule has 2 N–H and O–H groups in total. The van der Waals surface area contributed by atoms with Crippen LogP contribution in [0, 0.1) is 11.8 Å². The summed E-state index contributed by atoms with van der Waals surface area (Å²) < 4.78 is 15.9. The zero-order chi connectivity index (χ0) is 22.7. The maximum absolute atomic E-state index is 13.0. The molecule has 0 bridgehead atoms. The van der Waals surface area contributed by atoms with Gasteiger partial charge in [-0.1, -0.05) is 20.3 Å². The Hall–Kier alpha value is -3.49. The van der Waals surface area contributed by atoms with E-state index in [0.717, 1.165) is 0 Å². The van der Waals surface area contributed by atoms with Gasteiger partial charge in [-0.15, -0.1) is 0 Å². The summed E-state index contributed by atoms with van der Waals surface area (Å²) in [4.78, 5) is 40.0. The first-order valence-corrected chi connectivity index (χ1v) is 10.8. The number of hydrogen-bond donors (Lipinski definition) is 2. The number of amides is 3. The number of fused-ring (bicyclic) bond motifs is 1. The fraction of sp³-hybridized carbons (Fsp3) is 0.435. The Balaban J connectivity index is 1.39. The Morgan fingerprint density at radius 3 is 2.78 bits per heavy atom. The summed E-state index contributed by atoms with van der Waals surface area (Å²) in [5, 5.41) is 5.68. The van der Waals surface area contributed by atoms with Gasteiger partial charge >= 0.3 is 0 Å². The molecule has 32 heavy (non-hydrogen) atoms. The second kappa shape index (κ2) is 9.33. The normalized spacial score (nSPS) is 19.0. The van der Waals surface area contributed by atoms with Crippen molar-refractivity contribution in [2.45, 2.75) is 39.3 Å². The van der Waals surface area contributed by atoms with Crippen LogP contribution < -0.4 is 25.0 Å². The third kappa shape index (κ3) is 4.56. The van der Waals surface area contributed by atoms with Crippen molar-refractivity contribution in [1.29, 1.82) is 0 Å². The molecule has 2 aliphatic rings. The molecule has 170 valence electrons. The van der Waals surface area contributed by atoms with Gasteiger partial charge in [-0.2, -0.15) is 0 Å². The van der Waals surface area contributed by atoms with Gasteiger partial charge in [0.2, 0.25) is 24.5 Å². The number of rotatable bonds is 8. The van der Waals surface area contributed by atoms with Gasteiger partial charge in [-0.25, -0.2) is 0 Å². The molecule has 9 heteroatoms. The van der Waals surface area contributed by atoms with Gasteiger partial charge in [-0.05, 0) is 30.2 Å². The summed E-state index contributed by atoms with van der Waals surface area (Å²) in [6.07, 6.45) is 2.34. The molecular formula is C23H27N3O6. The van der Waals surface area contributed by atoms with E-state index in [1.807, 2.05) is 13.8 Å². The zero-order valence-corrected chi connectivity index (χ0v) is 18.1. The largest absolute Gasteiger partial charge is 0.467 e. The van der Waals surface area contributed by atoms with E-state index in [1.165, 1.54) is 0 Å². The Morgan fingerprint density at radius 1 is 1.22 bits per heavy atom. The molecule has 3 amide bonds. The molecule has 0 unspecified atom stereocenters. The van der Waals surface area contributed by atoms with Gasteiger partial charge in [0.25, 0.3) is 0 Å². The van der Waals surface area contributed by atoms with Crippen LogP contribution in [0.5, 0.6) is 11.5 Å². The first-order valence-electron chi connectivity index (χ1n) is 10.8. The number of nitrogens with one attached hydrogen (secondary N) is 2. The quantitative estimate of drug-likeness (QED) is 0.650. The molecule has 1 aromatic heterocycles. The predicted molar refractivity (Wildman–Crippen MR) is 115 cm³/mol. The van der Waals surface area contributed by atoms with Crippen LogP contribution in [-0.4, -0.2) is 37.1 Å². The van der Waals surface area contributed by atoms with E-state index in [4.69, 9.17) is 13.9 Å². The van der Waals surface area contributed by atoms with Crippen molar-refractivity contribution >= 4 is 23.4 Å². The van der Waals surface area contributed by atoms with Crippen molar-refractivity contribution in [3.63, 3.8) is 0 Å². The van der Waals surface area contributed by atoms with Crippen LogP contribution >= 0.6 is 0 Å². The number of anilines is 1. The highest BCUT2D eigenvalue weighted by atomic mass is 16.7. The minimum absolute atomic E-state index is 0.0716. The molecule has 0 spiro atoms. The van der Waals surface area contributed by atoms with E-state index in [2.05, 4.69) is 10.6 Å². The van der Waals surface area contributed by atoms with Gasteiger partial charge in [0.1, 0.15) is 11.8 Å². The number of carbonyl (C=O) groups excluding carboxylic acids is 3. The van der Waals surface area contributed by atoms with E-state index in [0.29, 0.717) is 29.4 Å². The topological polar surface area (TPSA) is 110 Å². The monoisotopic (exact) mass is 441 g/mol. The maximum atomic E-state index is 13.0. The highest BCUT2D eigenvalue weighted by Crippen LogP contribution is 2.37. The van der Waals surface area contributed by atoms with Crippen LogP contribution in [0.15, 0.2) is 41.0 Å². The first kappa shape index (κ1) is 21.7. The molecule has 1 aromatic carbocycles. The minimum atomic E-state index is -0.697. The van der Waals surface area contributed by atoms with Crippen molar-refractivity contribution in [3.05, 3.63) is 42.4 Å². The number of benzene rings is 1. The molecule has 9 nitrogen and oxygen atoms in total. The van der Waals surface area contributed by atoms with E-state index in [9.17, 15) is 14.4 Å². The average molecular weight is 441 g/mol. The third-order valence-electron chi connectivity index (χ3n) is 5.97. The third-order valence-corrected chi connectivity index (χ3v) is 5.97. The highest BCUT2D eigenvalue weighted by molar-refractivity contribution is 6.01. The van der Waals surface area contributed by atoms with Crippen molar-refractivity contribution in [3.8, 4) is 11.5 Å². The van der Waals surface area contributed by atoms with E-state index >= 15 is 0 Å². The lowest BCUT2D eigenvalue weighted by Crippen LogP contribution is -2.51. The second-order valence-corrected chi connectivity index (χ2v) is 8.11. The molecule has 2 aliphatic heterocycles. The first-order chi connectivity index (χ1) is 15.5. The number of furan rings is 1. The van der Waals surface area contributed by atoms with Gasteiger partial charge < -0.3 is 29.4 Å². The lowest BCUT2D eigenvalue weighted by Gasteiger charge is -2.25. The van der Waals surface area contributed by atoms with Gasteiger partial charge in [0.15, 0.2) is 11.5 Å². The van der Waals surface area contributed by atoms with Crippen molar-refractivity contribution in [2.24, 2.45) is 11.8 Å². The fourth-order valence-corrected chi connectivity index (χ4v) is 3.86. The summed E-state index contributed by atoms with van der Waals surface area (Å²) in [6, 6.07) is 8.09. The molecule has 0 saturated carbocycles. The summed E-state index contributed by atoms with van der Waals surface area (Å²) in [5.41, 5.74) is 0.657. The average Bonchev–Trinajstić information content (AvgIpc) is 3.55. The molecule has 1 saturated heterocycles. The number of ether oxygens (including phenoxy) is 2. The minimum Gasteiger partial charge on any atom is -0.467 e. The zero-order valence-electron chi connectivity index (χ0n) is 18.1. The van der Waals surface area contributed by atoms with Gasteiger partial charge in [0.05, 0.1) is 18.7 Å². The Labute approximate surface area is 186 Å². The molecule has 3 heterocycles. The summed E-state index contributed by atoms with van der Waals surface area (Å²) in [6.45, 7) is 4.51. The molecule has 0 aliphatic carbocycles. The summed E-state index contributed by atoms with van der Waals surface area (Å²) >= 11 is 0. The lowest BCUT2D eigenvalue weighted by atomic mass is 9.97. The SMILES string of the molecule is CC[C@H](C)[C@H](NC(=O)[C@H]1CC(=O)N(c2ccc3c(c2)OCO3)C1)C(=O)NCc1ccco1. The lowest BCUT2D eigenvalue weighted by molar-refractivity contribution is -0.132. The van der Waals surface area contributed by atoms with Crippen LogP contribution in [-0.2, 0) is 20.9 Å². The smallest absolute Gasteiger partial charge is 0.243 e. The molecule has 4 rings (SSSR count). The predicted octanol–water partition coefficient (Wildman–Crippen LogP) is 2.21. The van der Waals surface area contributed by atoms with Crippen LogP contribution in [0.1, 0.15) is 32.4 Å². The summed E-state index contributed by atoms with van der Waals surface area (Å²) in [5.74, 6) is 0.496. The highest BCUT2D eigenvalue weighted by Gasteiger charge is 2.37. The Bertz CT molecular complexity index is 990. The maximum Gasteiger partial charge on any atom is 0.243 e. The van der Waals surface area contributed by atoms with Crippen molar-refractivity contribution < 1.29 is 28.3 Å². The van der Waals surface area contributed by atoms with Crippen LogP contribution in [0.4, 0.5) is 5.69 Å². The van der Waals surface area contributed by atoms with E-state index in [1.54, 1.807) is 41.5 Å². The van der Waals surface area contributed by atoms with Crippen molar-refractivity contribution in [2.75, 3.05) is 18.2 Å². The molecule has 1 fully saturated rings. The van der Waals surface area contributed by atoms with E-state index in [-0.39, 0.29) is 49.9 Å². The number of carbonyl (C=O) groups is 3. The molecule has 0 radical (unpaired) electrons. The van der Waals surface area contributed by atoms with E-state index < -0.39 is 12.0 Å². The van der Waals surface area contributed by atoms with Crippen LogP contribution in [0.25, 0.3) is 0 Å². The van der Waals surface area contributed by atoms with Gasteiger partial charge in [0, 0.05) is 24.7 Å². The van der Waals surface area contributed by atoms with Gasteiger partial charge in [-0.3, -0.25) is 14.4 Å². The number of hydrogen-bond acceptors (Lipinski definition) is 6. The molecule has 2 aromatic rings. The Kier molecular flexibility index (Phi) is 6.34.